The van der Waals surface area contributed by atoms with Gasteiger partial charge in [0.1, 0.15) is 5.75 Å². The topological polar surface area (TPSA) is 39.5 Å². The molecule has 1 fully saturated rings. The smallest absolute Gasteiger partial charge is 0.417 e. The molecule has 0 bridgehead atoms. The first kappa shape index (κ1) is 23.3. The fourth-order valence-electron chi connectivity index (χ4n) is 3.76. The van der Waals surface area contributed by atoms with Crippen molar-refractivity contribution >= 4 is 27.3 Å². The third kappa shape index (κ3) is 5.85. The highest BCUT2D eigenvalue weighted by Gasteiger charge is 2.35. The van der Waals surface area contributed by atoms with Crippen molar-refractivity contribution in [3.63, 3.8) is 0 Å². The van der Waals surface area contributed by atoms with E-state index in [-0.39, 0.29) is 11.6 Å². The zero-order valence-electron chi connectivity index (χ0n) is 17.3. The van der Waals surface area contributed by atoms with Crippen molar-refractivity contribution in [1.29, 1.82) is 5.26 Å². The number of unbranched alkanes of at least 4 members (excludes halogenated alkanes) is 1. The Bertz CT molecular complexity index is 912. The van der Waals surface area contributed by atoms with Gasteiger partial charge in [-0.2, -0.15) is 18.4 Å². The second kappa shape index (κ2) is 10.3. The van der Waals surface area contributed by atoms with Crippen molar-refractivity contribution < 1.29 is 17.9 Å². The van der Waals surface area contributed by atoms with Crippen LogP contribution in [0, 0.1) is 11.3 Å². The molecule has 2 aromatic rings. The second-order valence-corrected chi connectivity index (χ2v) is 8.36. The van der Waals surface area contributed by atoms with Crippen LogP contribution in [-0.2, 0) is 6.18 Å². The molecule has 1 aliphatic rings. The number of alkyl halides is 4. The first-order valence-corrected chi connectivity index (χ1v) is 11.4. The summed E-state index contributed by atoms with van der Waals surface area (Å²) in [5.41, 5.74) is 0.326. The number of nitriles is 1. The van der Waals surface area contributed by atoms with E-state index in [1.165, 1.54) is 6.07 Å². The zero-order valence-corrected chi connectivity index (χ0v) is 18.9. The average molecular weight is 496 g/mol. The van der Waals surface area contributed by atoms with Gasteiger partial charge in [0.15, 0.2) is 0 Å². The van der Waals surface area contributed by atoms with Crippen LogP contribution in [0.3, 0.4) is 0 Å². The summed E-state index contributed by atoms with van der Waals surface area (Å²) >= 11 is 3.41. The Kier molecular flexibility index (Phi) is 7.71. The summed E-state index contributed by atoms with van der Waals surface area (Å²) < 4.78 is 45.7. The van der Waals surface area contributed by atoms with Gasteiger partial charge in [-0.3, -0.25) is 0 Å². The summed E-state index contributed by atoms with van der Waals surface area (Å²) in [6, 6.07) is 13.6. The molecule has 1 saturated heterocycles. The maximum absolute atomic E-state index is 13.3. The molecule has 0 aliphatic carbocycles. The van der Waals surface area contributed by atoms with E-state index in [0.29, 0.717) is 31.9 Å². The predicted octanol–water partition coefficient (Wildman–Crippen LogP) is 5.85. The molecule has 31 heavy (non-hydrogen) atoms. The molecule has 0 saturated carbocycles. The summed E-state index contributed by atoms with van der Waals surface area (Å²) in [5, 5.41) is 9.97. The highest BCUT2D eigenvalue weighted by Crippen LogP contribution is 2.35. The Balaban J connectivity index is 1.65. The van der Waals surface area contributed by atoms with Crippen LogP contribution >= 0.6 is 15.9 Å². The Morgan fingerprint density at radius 1 is 1.10 bits per heavy atom. The van der Waals surface area contributed by atoms with Gasteiger partial charge in [0.25, 0.3) is 0 Å². The van der Waals surface area contributed by atoms with Gasteiger partial charge in [-0.1, -0.05) is 15.9 Å². The van der Waals surface area contributed by atoms with E-state index in [1.54, 1.807) is 12.1 Å². The molecular formula is C23H25BrF3N3O. The van der Waals surface area contributed by atoms with E-state index in [2.05, 4.69) is 27.8 Å². The van der Waals surface area contributed by atoms with Gasteiger partial charge in [0.2, 0.25) is 0 Å². The van der Waals surface area contributed by atoms with E-state index < -0.39 is 11.7 Å². The molecule has 4 nitrogen and oxygen atoms in total. The van der Waals surface area contributed by atoms with E-state index in [4.69, 9.17) is 10.00 Å². The quantitative estimate of drug-likeness (QED) is 0.357. The van der Waals surface area contributed by atoms with E-state index in [9.17, 15) is 13.2 Å². The highest BCUT2D eigenvalue weighted by atomic mass is 79.9. The van der Waals surface area contributed by atoms with Crippen LogP contribution in [0.1, 0.15) is 30.9 Å². The molecule has 0 spiro atoms. The minimum absolute atomic E-state index is 0.115. The molecule has 1 aliphatic heterocycles. The molecule has 1 atom stereocenters. The Labute approximate surface area is 189 Å². The SMILES string of the molecule is C[C@@H]1CN(c2ccc(C#N)c(C(F)(F)F)c2)CCN1c1ccc(OCCCCBr)cc1. The maximum atomic E-state index is 13.3. The summed E-state index contributed by atoms with van der Waals surface area (Å²) in [7, 11) is 0. The maximum Gasteiger partial charge on any atom is 0.417 e. The van der Waals surface area contributed by atoms with Crippen molar-refractivity contribution in [2.24, 2.45) is 0 Å². The van der Waals surface area contributed by atoms with E-state index >= 15 is 0 Å². The van der Waals surface area contributed by atoms with Crippen LogP contribution in [0.5, 0.6) is 5.75 Å². The van der Waals surface area contributed by atoms with Gasteiger partial charge in [-0.05, 0) is 62.2 Å². The number of benzene rings is 2. The van der Waals surface area contributed by atoms with Gasteiger partial charge in [-0.25, -0.2) is 0 Å². The van der Waals surface area contributed by atoms with Crippen LogP contribution < -0.4 is 14.5 Å². The second-order valence-electron chi connectivity index (χ2n) is 7.57. The number of nitrogens with zero attached hydrogens (tertiary/aromatic N) is 3. The summed E-state index contributed by atoms with van der Waals surface area (Å²) in [4.78, 5) is 4.19. The van der Waals surface area contributed by atoms with Crippen molar-refractivity contribution in [2.75, 3.05) is 41.4 Å². The highest BCUT2D eigenvalue weighted by molar-refractivity contribution is 9.09. The molecule has 0 radical (unpaired) electrons. The fourth-order valence-corrected chi connectivity index (χ4v) is 4.15. The van der Waals surface area contributed by atoms with Crippen LogP contribution in [0.15, 0.2) is 42.5 Å². The molecule has 1 heterocycles. The summed E-state index contributed by atoms with van der Waals surface area (Å²) in [6.07, 6.45) is -2.48. The normalized spacial score (nSPS) is 16.8. The molecule has 0 aromatic heterocycles. The van der Waals surface area contributed by atoms with E-state index in [1.807, 2.05) is 29.2 Å². The molecule has 0 unspecified atom stereocenters. The lowest BCUT2D eigenvalue weighted by atomic mass is 10.0. The first-order valence-electron chi connectivity index (χ1n) is 10.2. The zero-order chi connectivity index (χ0) is 22.4. The van der Waals surface area contributed by atoms with Gasteiger partial charge >= 0.3 is 6.18 Å². The first-order chi connectivity index (χ1) is 14.8. The molecule has 3 rings (SSSR count). The Morgan fingerprint density at radius 2 is 1.81 bits per heavy atom. The third-order valence-electron chi connectivity index (χ3n) is 5.39. The Morgan fingerprint density at radius 3 is 2.42 bits per heavy atom. The Hall–Kier alpha value is -2.40. The predicted molar refractivity (Wildman–Crippen MR) is 120 cm³/mol. The lowest BCUT2D eigenvalue weighted by Crippen LogP contribution is -2.52. The monoisotopic (exact) mass is 495 g/mol. The van der Waals surface area contributed by atoms with Crippen LogP contribution in [0.4, 0.5) is 24.5 Å². The summed E-state index contributed by atoms with van der Waals surface area (Å²) in [5.74, 6) is 0.835. The molecule has 166 valence electrons. The fraction of sp³-hybridized carbons (Fsp3) is 0.435. The van der Waals surface area contributed by atoms with Crippen molar-refractivity contribution in [3.05, 3.63) is 53.6 Å². The van der Waals surface area contributed by atoms with Gasteiger partial charge in [0.05, 0.1) is 23.8 Å². The lowest BCUT2D eigenvalue weighted by Gasteiger charge is -2.42. The van der Waals surface area contributed by atoms with Crippen LogP contribution in [0.25, 0.3) is 0 Å². The number of ether oxygens (including phenoxy) is 1. The number of anilines is 2. The third-order valence-corrected chi connectivity index (χ3v) is 5.95. The molecule has 0 N–H and O–H groups in total. The number of hydrogen-bond acceptors (Lipinski definition) is 4. The number of hydrogen-bond donors (Lipinski definition) is 0. The van der Waals surface area contributed by atoms with Crippen LogP contribution in [-0.4, -0.2) is 37.6 Å². The minimum Gasteiger partial charge on any atom is -0.494 e. The lowest BCUT2D eigenvalue weighted by molar-refractivity contribution is -0.137. The number of rotatable bonds is 7. The van der Waals surface area contributed by atoms with Crippen molar-refractivity contribution in [3.8, 4) is 11.8 Å². The van der Waals surface area contributed by atoms with Gasteiger partial charge < -0.3 is 14.5 Å². The van der Waals surface area contributed by atoms with E-state index in [0.717, 1.165) is 35.7 Å². The van der Waals surface area contributed by atoms with Gasteiger partial charge in [-0.15, -0.1) is 0 Å². The minimum atomic E-state index is -4.55. The van der Waals surface area contributed by atoms with Crippen molar-refractivity contribution in [2.45, 2.75) is 32.0 Å². The number of piperazine rings is 1. The largest absolute Gasteiger partial charge is 0.494 e. The van der Waals surface area contributed by atoms with Crippen LogP contribution in [0.2, 0.25) is 0 Å². The summed E-state index contributed by atoms with van der Waals surface area (Å²) in [6.45, 7) is 4.62. The van der Waals surface area contributed by atoms with Crippen molar-refractivity contribution in [1.82, 2.24) is 0 Å². The standard InChI is InChI=1S/C23H25BrF3N3O/c1-17-16-29(20-5-4-18(15-28)22(14-20)23(25,26)27)11-12-30(17)19-6-8-21(9-7-19)31-13-3-2-10-24/h4-9,14,17H,2-3,10-13,16H2,1H3/t17-/m1/s1. The number of halogens is 4. The molecule has 2 aromatic carbocycles. The van der Waals surface area contributed by atoms with Gasteiger partial charge in [0, 0.05) is 42.4 Å². The average Bonchev–Trinajstić information content (AvgIpc) is 2.76. The molecule has 8 heteroatoms. The molecule has 0 amide bonds. The molecular weight excluding hydrogens is 471 g/mol.